The van der Waals surface area contributed by atoms with Crippen molar-refractivity contribution in [3.05, 3.63) is 60.7 Å². The molecule has 2 aromatic carbocycles. The van der Waals surface area contributed by atoms with Crippen LogP contribution in [-0.4, -0.2) is 25.0 Å². The highest BCUT2D eigenvalue weighted by atomic mass is 15.2. The zero-order chi connectivity index (χ0) is 15.6. The fourth-order valence-electron chi connectivity index (χ4n) is 1.80. The highest BCUT2D eigenvalue weighted by molar-refractivity contribution is 5.92. The van der Waals surface area contributed by atoms with Crippen LogP contribution in [0.3, 0.4) is 0 Å². The Kier molecular flexibility index (Phi) is 5.80. The monoisotopic (exact) mass is 296 g/mol. The average molecular weight is 296 g/mol. The number of hydrogen-bond donors (Lipinski definition) is 6. The first kappa shape index (κ1) is 15.4. The van der Waals surface area contributed by atoms with Crippen molar-refractivity contribution in [1.29, 1.82) is 10.8 Å². The first-order valence-electron chi connectivity index (χ1n) is 7.03. The maximum atomic E-state index is 7.77. The van der Waals surface area contributed by atoms with Crippen molar-refractivity contribution >= 4 is 23.3 Å². The van der Waals surface area contributed by atoms with Gasteiger partial charge in [-0.2, -0.15) is 0 Å². The summed E-state index contributed by atoms with van der Waals surface area (Å²) in [6, 6.07) is 19.1. The fourth-order valence-corrected chi connectivity index (χ4v) is 1.80. The predicted molar refractivity (Wildman–Crippen MR) is 91.6 cm³/mol. The fraction of sp³-hybridized carbons (Fsp3) is 0.125. The summed E-state index contributed by atoms with van der Waals surface area (Å²) in [5.41, 5.74) is 1.73. The molecule has 2 aromatic rings. The van der Waals surface area contributed by atoms with E-state index in [0.29, 0.717) is 13.1 Å². The summed E-state index contributed by atoms with van der Waals surface area (Å²) in [5.74, 6) is 0.464. The molecular weight excluding hydrogens is 276 g/mol. The van der Waals surface area contributed by atoms with Gasteiger partial charge in [-0.05, 0) is 24.3 Å². The lowest BCUT2D eigenvalue weighted by Crippen LogP contribution is -2.39. The number of hydrogen-bond acceptors (Lipinski definition) is 2. The Bertz CT molecular complexity index is 541. The van der Waals surface area contributed by atoms with E-state index in [4.69, 9.17) is 10.8 Å². The lowest BCUT2D eigenvalue weighted by Gasteiger charge is -2.12. The van der Waals surface area contributed by atoms with E-state index in [1.54, 1.807) is 0 Å². The molecule has 0 aliphatic rings. The van der Waals surface area contributed by atoms with Gasteiger partial charge in [-0.1, -0.05) is 36.4 Å². The van der Waals surface area contributed by atoms with Gasteiger partial charge in [-0.3, -0.25) is 10.8 Å². The first-order valence-corrected chi connectivity index (χ1v) is 7.03. The van der Waals surface area contributed by atoms with Crippen LogP contribution in [0, 0.1) is 10.8 Å². The highest BCUT2D eigenvalue weighted by Gasteiger charge is 1.98. The van der Waals surface area contributed by atoms with Gasteiger partial charge >= 0.3 is 0 Å². The van der Waals surface area contributed by atoms with E-state index in [2.05, 4.69) is 21.3 Å². The van der Waals surface area contributed by atoms with Crippen LogP contribution in [0.25, 0.3) is 0 Å². The zero-order valence-electron chi connectivity index (χ0n) is 12.2. The Balaban J connectivity index is 1.60. The third kappa shape index (κ3) is 5.54. The third-order valence-electron chi connectivity index (χ3n) is 2.81. The van der Waals surface area contributed by atoms with Crippen molar-refractivity contribution in [2.75, 3.05) is 23.7 Å². The summed E-state index contributed by atoms with van der Waals surface area (Å²) in [4.78, 5) is 0. The minimum absolute atomic E-state index is 0.232. The van der Waals surface area contributed by atoms with Gasteiger partial charge in [0.15, 0.2) is 11.9 Å². The molecule has 6 heteroatoms. The van der Waals surface area contributed by atoms with Crippen LogP contribution in [0.5, 0.6) is 0 Å². The predicted octanol–water partition coefficient (Wildman–Crippen LogP) is 2.26. The molecule has 0 atom stereocenters. The molecule has 114 valence electrons. The van der Waals surface area contributed by atoms with E-state index in [9.17, 15) is 0 Å². The first-order chi connectivity index (χ1) is 10.7. The topological polar surface area (TPSA) is 95.8 Å². The molecule has 0 unspecified atom stereocenters. The quantitative estimate of drug-likeness (QED) is 0.290. The summed E-state index contributed by atoms with van der Waals surface area (Å²) < 4.78 is 0. The van der Waals surface area contributed by atoms with Crippen LogP contribution in [0.1, 0.15) is 0 Å². The molecule has 0 aliphatic heterocycles. The van der Waals surface area contributed by atoms with Gasteiger partial charge in [-0.15, -0.1) is 0 Å². The van der Waals surface area contributed by atoms with Gasteiger partial charge in [0.25, 0.3) is 0 Å². The molecule has 2 rings (SSSR count). The van der Waals surface area contributed by atoms with Gasteiger partial charge in [0.2, 0.25) is 0 Å². The van der Waals surface area contributed by atoms with Gasteiger partial charge in [0.05, 0.1) is 0 Å². The van der Waals surface area contributed by atoms with Gasteiger partial charge in [-0.25, -0.2) is 0 Å². The van der Waals surface area contributed by atoms with Crippen LogP contribution >= 0.6 is 0 Å². The van der Waals surface area contributed by atoms with E-state index >= 15 is 0 Å². The van der Waals surface area contributed by atoms with Crippen molar-refractivity contribution in [2.24, 2.45) is 0 Å². The lowest BCUT2D eigenvalue weighted by atomic mass is 10.3. The summed E-state index contributed by atoms with van der Waals surface area (Å²) in [5, 5.41) is 27.3. The standard InChI is InChI=1S/C16H20N6/c17-15(21-13-7-3-1-4-8-13)19-11-12-20-16(18)22-14-9-5-2-6-10-14/h1-10H,11-12H2,(H3,17,19,21)(H3,18,20,22). The van der Waals surface area contributed by atoms with Crippen LogP contribution < -0.4 is 21.3 Å². The zero-order valence-corrected chi connectivity index (χ0v) is 12.2. The number of para-hydroxylation sites is 2. The normalized spacial score (nSPS) is 9.64. The molecule has 0 spiro atoms. The molecular formula is C16H20N6. The highest BCUT2D eigenvalue weighted by Crippen LogP contribution is 2.04. The molecule has 0 saturated carbocycles. The molecule has 22 heavy (non-hydrogen) atoms. The van der Waals surface area contributed by atoms with E-state index < -0.39 is 0 Å². The second-order valence-electron chi connectivity index (χ2n) is 4.59. The SMILES string of the molecule is N=C(NCCNC(=N)Nc1ccccc1)Nc1ccccc1. The van der Waals surface area contributed by atoms with Gasteiger partial charge in [0, 0.05) is 24.5 Å². The Morgan fingerprint density at radius 3 is 1.36 bits per heavy atom. The van der Waals surface area contributed by atoms with Crippen molar-refractivity contribution in [3.63, 3.8) is 0 Å². The van der Waals surface area contributed by atoms with Crippen LogP contribution in [0.15, 0.2) is 60.7 Å². The van der Waals surface area contributed by atoms with E-state index in [0.717, 1.165) is 11.4 Å². The number of rotatable bonds is 5. The minimum atomic E-state index is 0.232. The molecule has 0 radical (unpaired) electrons. The van der Waals surface area contributed by atoms with Gasteiger partial charge in [0.1, 0.15) is 0 Å². The molecule has 0 amide bonds. The number of guanidine groups is 2. The summed E-state index contributed by atoms with van der Waals surface area (Å²) in [6.07, 6.45) is 0. The Morgan fingerprint density at radius 1 is 0.636 bits per heavy atom. The third-order valence-corrected chi connectivity index (χ3v) is 2.81. The molecule has 0 bridgehead atoms. The van der Waals surface area contributed by atoms with Crippen LogP contribution in [0.2, 0.25) is 0 Å². The largest absolute Gasteiger partial charge is 0.355 e. The van der Waals surface area contributed by atoms with Crippen LogP contribution in [-0.2, 0) is 0 Å². The molecule has 6 N–H and O–H groups in total. The van der Waals surface area contributed by atoms with Crippen molar-refractivity contribution in [2.45, 2.75) is 0 Å². The van der Waals surface area contributed by atoms with Crippen molar-refractivity contribution in [3.8, 4) is 0 Å². The van der Waals surface area contributed by atoms with E-state index in [1.165, 1.54) is 0 Å². The Hall–Kier alpha value is -3.02. The maximum absolute atomic E-state index is 7.77. The molecule has 0 heterocycles. The second kappa shape index (κ2) is 8.31. The lowest BCUT2D eigenvalue weighted by molar-refractivity contribution is 0.803. The number of nitrogens with one attached hydrogen (secondary N) is 6. The Morgan fingerprint density at radius 2 is 1.00 bits per heavy atom. The van der Waals surface area contributed by atoms with E-state index in [1.807, 2.05) is 60.7 Å². The molecule has 0 aromatic heterocycles. The van der Waals surface area contributed by atoms with Crippen molar-refractivity contribution in [1.82, 2.24) is 10.6 Å². The Labute approximate surface area is 130 Å². The smallest absolute Gasteiger partial charge is 0.192 e. The van der Waals surface area contributed by atoms with Crippen molar-refractivity contribution < 1.29 is 0 Å². The number of anilines is 2. The molecule has 6 nitrogen and oxygen atoms in total. The number of benzene rings is 2. The summed E-state index contributed by atoms with van der Waals surface area (Å²) in [7, 11) is 0. The van der Waals surface area contributed by atoms with Gasteiger partial charge < -0.3 is 21.3 Å². The second-order valence-corrected chi connectivity index (χ2v) is 4.59. The molecule has 0 aliphatic carbocycles. The molecule has 0 saturated heterocycles. The van der Waals surface area contributed by atoms with Crippen LogP contribution in [0.4, 0.5) is 11.4 Å². The van der Waals surface area contributed by atoms with E-state index in [-0.39, 0.29) is 11.9 Å². The minimum Gasteiger partial charge on any atom is -0.355 e. The summed E-state index contributed by atoms with van der Waals surface area (Å²) >= 11 is 0. The average Bonchev–Trinajstić information content (AvgIpc) is 2.53. The molecule has 0 fully saturated rings. The maximum Gasteiger partial charge on any atom is 0.192 e. The summed E-state index contributed by atoms with van der Waals surface area (Å²) in [6.45, 7) is 1.08.